The zero-order valence-electron chi connectivity index (χ0n) is 14.7. The average Bonchev–Trinajstić information content (AvgIpc) is 3.27. The summed E-state index contributed by atoms with van der Waals surface area (Å²) < 4.78 is 33.5. The highest BCUT2D eigenvalue weighted by Crippen LogP contribution is 2.37. The topological polar surface area (TPSA) is 94.5 Å². The van der Waals surface area contributed by atoms with Crippen LogP contribution in [0.2, 0.25) is 0 Å². The number of anilines is 1. The van der Waals surface area contributed by atoms with Crippen molar-refractivity contribution in [1.29, 1.82) is 0 Å². The van der Waals surface area contributed by atoms with Crippen LogP contribution >= 0.6 is 0 Å². The fourth-order valence-corrected chi connectivity index (χ4v) is 5.09. The van der Waals surface area contributed by atoms with Crippen LogP contribution in [0.1, 0.15) is 16.8 Å². The Labute approximate surface area is 155 Å². The highest BCUT2D eigenvalue weighted by atomic mass is 32.2. The van der Waals surface area contributed by atoms with E-state index in [2.05, 4.69) is 0 Å². The van der Waals surface area contributed by atoms with E-state index in [1.54, 1.807) is 49.0 Å². The van der Waals surface area contributed by atoms with Gasteiger partial charge in [0.05, 0.1) is 17.6 Å². The third-order valence-electron chi connectivity index (χ3n) is 4.72. The number of carbonyl (C=O) groups is 1. The van der Waals surface area contributed by atoms with Crippen LogP contribution in [0.15, 0.2) is 57.9 Å². The Morgan fingerprint density at radius 1 is 1.07 bits per heavy atom. The number of carbonyl (C=O) groups excluding carboxylic acids is 1. The highest BCUT2D eigenvalue weighted by molar-refractivity contribution is 7.93. The summed E-state index contributed by atoms with van der Waals surface area (Å²) in [6, 6.07) is 12.0. The lowest BCUT2D eigenvalue weighted by atomic mass is 10.3. The van der Waals surface area contributed by atoms with E-state index in [1.807, 2.05) is 6.07 Å². The number of hydrogen-bond acceptors (Lipinski definition) is 5. The van der Waals surface area contributed by atoms with Crippen molar-refractivity contribution < 1.29 is 17.6 Å². The minimum absolute atomic E-state index is 0.0360. The second-order valence-electron chi connectivity index (χ2n) is 6.35. The van der Waals surface area contributed by atoms with Gasteiger partial charge in [-0.25, -0.2) is 13.1 Å². The summed E-state index contributed by atoms with van der Waals surface area (Å²) in [7, 11) is -2.15. The molecule has 4 rings (SSSR count). The first-order valence-electron chi connectivity index (χ1n) is 8.24. The van der Waals surface area contributed by atoms with Crippen molar-refractivity contribution in [1.82, 2.24) is 9.36 Å². The van der Waals surface area contributed by atoms with Crippen LogP contribution in [0, 0.1) is 6.92 Å². The SMILES string of the molecule is Cc1c(N2C(=O)CS(=O)(=O)[C@@H]2c2ccco2)c(=O)n(-c2ccccc2)n1C. The number of nitrogens with zero attached hydrogens (tertiary/aromatic N) is 3. The number of furan rings is 1. The van der Waals surface area contributed by atoms with Crippen molar-refractivity contribution >= 4 is 21.4 Å². The molecule has 0 unspecified atom stereocenters. The normalized spacial score (nSPS) is 19.0. The summed E-state index contributed by atoms with van der Waals surface area (Å²) in [5.41, 5.74) is 0.659. The Balaban J connectivity index is 1.96. The molecule has 0 radical (unpaired) electrons. The van der Waals surface area contributed by atoms with Gasteiger partial charge in [-0.1, -0.05) is 18.2 Å². The smallest absolute Gasteiger partial charge is 0.295 e. The molecule has 0 aliphatic carbocycles. The minimum atomic E-state index is -3.83. The zero-order valence-corrected chi connectivity index (χ0v) is 15.5. The second-order valence-corrected chi connectivity index (χ2v) is 8.41. The maximum Gasteiger partial charge on any atom is 0.295 e. The van der Waals surface area contributed by atoms with E-state index in [0.717, 1.165) is 4.90 Å². The van der Waals surface area contributed by atoms with Gasteiger partial charge in [0.15, 0.2) is 15.2 Å². The highest BCUT2D eigenvalue weighted by Gasteiger charge is 2.49. The van der Waals surface area contributed by atoms with Crippen molar-refractivity contribution in [3.63, 3.8) is 0 Å². The van der Waals surface area contributed by atoms with Crippen molar-refractivity contribution in [2.75, 3.05) is 10.7 Å². The predicted octanol–water partition coefficient (Wildman–Crippen LogP) is 1.54. The van der Waals surface area contributed by atoms with E-state index in [1.165, 1.54) is 17.0 Å². The first-order valence-corrected chi connectivity index (χ1v) is 9.95. The summed E-state index contributed by atoms with van der Waals surface area (Å²) in [6.07, 6.45) is 1.34. The van der Waals surface area contributed by atoms with Crippen LogP contribution in [-0.4, -0.2) is 29.4 Å². The average molecular weight is 387 g/mol. The van der Waals surface area contributed by atoms with E-state index in [9.17, 15) is 18.0 Å². The quantitative estimate of drug-likeness (QED) is 0.679. The molecule has 2 aromatic heterocycles. The summed E-state index contributed by atoms with van der Waals surface area (Å²) in [6.45, 7) is 1.67. The fourth-order valence-electron chi connectivity index (χ4n) is 3.42. The Morgan fingerprint density at radius 2 is 1.78 bits per heavy atom. The maximum atomic E-state index is 13.2. The van der Waals surface area contributed by atoms with Gasteiger partial charge < -0.3 is 4.42 Å². The molecule has 9 heteroatoms. The van der Waals surface area contributed by atoms with Crippen molar-refractivity contribution in [2.24, 2.45) is 7.05 Å². The Hall–Kier alpha value is -3.07. The van der Waals surface area contributed by atoms with Gasteiger partial charge in [0, 0.05) is 7.05 Å². The lowest BCUT2D eigenvalue weighted by Crippen LogP contribution is -2.33. The summed E-state index contributed by atoms with van der Waals surface area (Å²) in [5, 5.41) is -1.35. The summed E-state index contributed by atoms with van der Waals surface area (Å²) in [4.78, 5) is 26.8. The first-order chi connectivity index (χ1) is 12.8. The number of rotatable bonds is 3. The molecule has 1 aliphatic rings. The van der Waals surface area contributed by atoms with Crippen LogP contribution < -0.4 is 10.5 Å². The molecular formula is C18H17N3O5S. The number of hydrogen-bond donors (Lipinski definition) is 0. The van der Waals surface area contributed by atoms with Crippen LogP contribution in [0.4, 0.5) is 5.69 Å². The van der Waals surface area contributed by atoms with E-state index in [0.29, 0.717) is 11.4 Å². The van der Waals surface area contributed by atoms with E-state index < -0.39 is 32.4 Å². The molecule has 1 fully saturated rings. The Kier molecular flexibility index (Phi) is 3.84. The molecule has 8 nitrogen and oxygen atoms in total. The molecule has 3 heterocycles. The Bertz CT molecular complexity index is 1170. The van der Waals surface area contributed by atoms with Gasteiger partial charge in [-0.3, -0.25) is 19.2 Å². The van der Waals surface area contributed by atoms with Gasteiger partial charge >= 0.3 is 0 Å². The third-order valence-corrected chi connectivity index (χ3v) is 6.49. The molecular weight excluding hydrogens is 370 g/mol. The van der Waals surface area contributed by atoms with E-state index >= 15 is 0 Å². The van der Waals surface area contributed by atoms with Gasteiger partial charge in [-0.15, -0.1) is 0 Å². The molecule has 0 N–H and O–H groups in total. The molecule has 0 saturated carbocycles. The monoisotopic (exact) mass is 387 g/mol. The molecule has 1 saturated heterocycles. The largest absolute Gasteiger partial charge is 0.466 e. The number of amides is 1. The third kappa shape index (κ3) is 2.54. The minimum Gasteiger partial charge on any atom is -0.466 e. The molecule has 140 valence electrons. The number of benzene rings is 1. The number of para-hydroxylation sites is 1. The van der Waals surface area contributed by atoms with E-state index in [4.69, 9.17) is 4.42 Å². The van der Waals surface area contributed by atoms with Gasteiger partial charge in [0.1, 0.15) is 17.2 Å². The molecule has 1 aliphatic heterocycles. The fraction of sp³-hybridized carbons (Fsp3) is 0.222. The van der Waals surface area contributed by atoms with Crippen LogP contribution in [0.25, 0.3) is 5.69 Å². The second kappa shape index (κ2) is 5.98. The van der Waals surface area contributed by atoms with Crippen LogP contribution in [-0.2, 0) is 21.7 Å². The van der Waals surface area contributed by atoms with Gasteiger partial charge in [0.25, 0.3) is 5.56 Å². The first kappa shape index (κ1) is 17.3. The molecule has 1 atom stereocenters. The molecule has 1 aromatic carbocycles. The van der Waals surface area contributed by atoms with Gasteiger partial charge in [-0.2, -0.15) is 0 Å². The lowest BCUT2D eigenvalue weighted by Gasteiger charge is -2.20. The molecule has 1 amide bonds. The summed E-state index contributed by atoms with van der Waals surface area (Å²) in [5.74, 6) is -1.21. The van der Waals surface area contributed by atoms with Crippen molar-refractivity contribution in [2.45, 2.75) is 12.3 Å². The molecule has 27 heavy (non-hydrogen) atoms. The van der Waals surface area contributed by atoms with Crippen LogP contribution in [0.3, 0.4) is 0 Å². The number of sulfone groups is 1. The molecule has 3 aromatic rings. The molecule has 0 spiro atoms. The van der Waals surface area contributed by atoms with Crippen LogP contribution in [0.5, 0.6) is 0 Å². The zero-order chi connectivity index (χ0) is 19.3. The Morgan fingerprint density at radius 3 is 2.41 bits per heavy atom. The standard InChI is InChI=1S/C18H17N3O5S/c1-12-16(17(23)21(19(12)2)13-7-4-3-5-8-13)20-15(22)11-27(24,25)18(20)14-9-6-10-26-14/h3-10,18H,11H2,1-2H3/t18-/m1/s1. The maximum absolute atomic E-state index is 13.2. The molecule has 0 bridgehead atoms. The van der Waals surface area contributed by atoms with Crippen molar-refractivity contribution in [3.05, 3.63) is 70.5 Å². The number of aromatic nitrogens is 2. The van der Waals surface area contributed by atoms with Gasteiger partial charge in [0.2, 0.25) is 5.91 Å². The van der Waals surface area contributed by atoms with Crippen molar-refractivity contribution in [3.8, 4) is 5.69 Å². The summed E-state index contributed by atoms with van der Waals surface area (Å²) >= 11 is 0. The van der Waals surface area contributed by atoms with Gasteiger partial charge in [-0.05, 0) is 31.2 Å². The lowest BCUT2D eigenvalue weighted by molar-refractivity contribution is -0.115. The van der Waals surface area contributed by atoms with E-state index in [-0.39, 0.29) is 11.4 Å². The predicted molar refractivity (Wildman–Crippen MR) is 98.5 cm³/mol.